The van der Waals surface area contributed by atoms with Gasteiger partial charge >= 0.3 is 12.1 Å². The number of carbonyl (C=O) groups is 3. The van der Waals surface area contributed by atoms with E-state index in [1.807, 2.05) is 0 Å². The van der Waals surface area contributed by atoms with E-state index >= 15 is 0 Å². The van der Waals surface area contributed by atoms with Crippen LogP contribution in [0.25, 0.3) is 0 Å². The molecular weight excluding hydrogens is 318 g/mol. The van der Waals surface area contributed by atoms with E-state index in [0.29, 0.717) is 5.69 Å². The lowest BCUT2D eigenvalue weighted by atomic mass is 9.68. The van der Waals surface area contributed by atoms with Crippen molar-refractivity contribution in [3.63, 3.8) is 0 Å². The highest BCUT2D eigenvalue weighted by Gasteiger charge is 2.70. The summed E-state index contributed by atoms with van der Waals surface area (Å²) in [6, 6.07) is 0.701. The lowest BCUT2D eigenvalue weighted by Crippen LogP contribution is -2.77. The maximum Gasteiger partial charge on any atom is 0.519 e. The topological polar surface area (TPSA) is 91.7 Å². The Kier molecular flexibility index (Phi) is 3.94. The second-order valence-electron chi connectivity index (χ2n) is 6.95. The molecule has 1 aromatic rings. The molecular formula is C16H22NO5S+. The average Bonchev–Trinajstić information content (AvgIpc) is 2.87. The van der Waals surface area contributed by atoms with Gasteiger partial charge in [-0.3, -0.25) is 9.59 Å². The van der Waals surface area contributed by atoms with Gasteiger partial charge in [-0.25, -0.2) is 0 Å². The molecule has 0 aromatic carbocycles. The molecule has 1 aliphatic rings. The molecule has 23 heavy (non-hydrogen) atoms. The van der Waals surface area contributed by atoms with Gasteiger partial charge in [0, 0.05) is 6.07 Å². The molecule has 0 spiro atoms. The lowest BCUT2D eigenvalue weighted by molar-refractivity contribution is -0.150. The standard InChI is InChI=1S/C16H21NO5S/c1-6-16(13(19)20)9(2)17(14(21)22,15(3,4)5)10-7-8-23-11(10)12(16)18/h7-9H,6H2,1-5H3,(H-,19,20,21,22)/p+1. The number of hydrogen-bond acceptors (Lipinski definition) is 4. The highest BCUT2D eigenvalue weighted by atomic mass is 32.1. The van der Waals surface area contributed by atoms with Crippen molar-refractivity contribution in [1.29, 1.82) is 0 Å². The fourth-order valence-corrected chi connectivity index (χ4v) is 5.02. The van der Waals surface area contributed by atoms with Crippen LogP contribution in [0.2, 0.25) is 0 Å². The van der Waals surface area contributed by atoms with Gasteiger partial charge in [0.2, 0.25) is 5.78 Å². The van der Waals surface area contributed by atoms with Crippen LogP contribution in [0.3, 0.4) is 0 Å². The van der Waals surface area contributed by atoms with E-state index in [9.17, 15) is 24.6 Å². The largest absolute Gasteiger partial charge is 0.519 e. The number of rotatable bonds is 2. The van der Waals surface area contributed by atoms with Gasteiger partial charge in [-0.05, 0) is 39.5 Å². The van der Waals surface area contributed by atoms with Crippen molar-refractivity contribution in [2.75, 3.05) is 0 Å². The molecule has 126 valence electrons. The molecule has 3 atom stereocenters. The maximum absolute atomic E-state index is 12.9. The SMILES string of the molecule is CCC1(C(=O)O)C(=O)c2sccc2[N+](C(=O)O)(C(C)(C)C)C1C. The molecule has 0 saturated carbocycles. The molecule has 1 aromatic heterocycles. The van der Waals surface area contributed by atoms with Crippen LogP contribution in [0.4, 0.5) is 10.5 Å². The van der Waals surface area contributed by atoms with Gasteiger partial charge in [-0.2, -0.15) is 9.28 Å². The van der Waals surface area contributed by atoms with E-state index in [1.54, 1.807) is 46.1 Å². The Labute approximate surface area is 138 Å². The Morgan fingerprint density at radius 2 is 1.91 bits per heavy atom. The summed E-state index contributed by atoms with van der Waals surface area (Å²) in [5.74, 6) is -1.74. The van der Waals surface area contributed by atoms with E-state index in [0.717, 1.165) is 11.3 Å². The number of carboxylic acid groups (broad SMARTS) is 2. The van der Waals surface area contributed by atoms with Crippen molar-refractivity contribution in [2.45, 2.75) is 52.6 Å². The fraction of sp³-hybridized carbons (Fsp3) is 0.562. The first-order chi connectivity index (χ1) is 10.5. The van der Waals surface area contributed by atoms with Gasteiger partial charge in [0.05, 0.1) is 0 Å². The average molecular weight is 340 g/mol. The lowest BCUT2D eigenvalue weighted by Gasteiger charge is -2.53. The summed E-state index contributed by atoms with van der Waals surface area (Å²) >= 11 is 1.11. The Morgan fingerprint density at radius 1 is 1.35 bits per heavy atom. The number of hydrogen-bond donors (Lipinski definition) is 2. The Balaban J connectivity index is 2.99. The van der Waals surface area contributed by atoms with Crippen LogP contribution >= 0.6 is 11.3 Å². The number of aliphatic carboxylic acids is 1. The number of amides is 1. The maximum atomic E-state index is 12.9. The highest BCUT2D eigenvalue weighted by molar-refractivity contribution is 7.12. The second-order valence-corrected chi connectivity index (χ2v) is 7.86. The molecule has 0 fully saturated rings. The minimum atomic E-state index is -1.75. The first-order valence-corrected chi connectivity index (χ1v) is 8.36. The van der Waals surface area contributed by atoms with Crippen LogP contribution in [0.1, 0.15) is 50.7 Å². The van der Waals surface area contributed by atoms with Gasteiger partial charge < -0.3 is 10.2 Å². The van der Waals surface area contributed by atoms with Gasteiger partial charge in [0.1, 0.15) is 16.5 Å². The molecule has 2 rings (SSSR count). The minimum absolute atomic E-state index is 0.0447. The number of quaternary nitrogens is 1. The molecule has 1 amide bonds. The van der Waals surface area contributed by atoms with Crippen LogP contribution in [0, 0.1) is 5.41 Å². The molecule has 0 aliphatic carbocycles. The van der Waals surface area contributed by atoms with E-state index in [-0.39, 0.29) is 11.3 Å². The first kappa shape index (κ1) is 17.6. The summed E-state index contributed by atoms with van der Waals surface area (Å²) in [6.45, 7) is 8.47. The zero-order chi connectivity index (χ0) is 17.8. The zero-order valence-electron chi connectivity index (χ0n) is 13.9. The van der Waals surface area contributed by atoms with Crippen LogP contribution in [0.5, 0.6) is 0 Å². The molecule has 2 N–H and O–H groups in total. The Hall–Kier alpha value is -1.73. The monoisotopic (exact) mass is 340 g/mol. The summed E-state index contributed by atoms with van der Waals surface area (Å²) < 4.78 is -0.572. The van der Waals surface area contributed by atoms with Crippen molar-refractivity contribution in [3.8, 4) is 0 Å². The van der Waals surface area contributed by atoms with Gasteiger partial charge in [-0.15, -0.1) is 11.3 Å². The molecule has 6 nitrogen and oxygen atoms in total. The van der Waals surface area contributed by atoms with Crippen molar-refractivity contribution in [1.82, 2.24) is 4.48 Å². The number of thiophene rings is 1. The van der Waals surface area contributed by atoms with Crippen LogP contribution in [-0.4, -0.2) is 39.6 Å². The number of fused-ring (bicyclic) bond motifs is 1. The van der Waals surface area contributed by atoms with E-state index < -0.39 is 39.3 Å². The van der Waals surface area contributed by atoms with Crippen molar-refractivity contribution < 1.29 is 24.6 Å². The van der Waals surface area contributed by atoms with E-state index in [4.69, 9.17) is 0 Å². The molecule has 0 bridgehead atoms. The van der Waals surface area contributed by atoms with E-state index in [1.165, 1.54) is 0 Å². The summed E-state index contributed by atoms with van der Waals surface area (Å²) in [5.41, 5.74) is -2.18. The smallest absolute Gasteiger partial charge is 0.480 e. The summed E-state index contributed by atoms with van der Waals surface area (Å²) in [6.07, 6.45) is -1.10. The number of Topliss-reactive ketones (excluding diaryl/α,β-unsaturated/α-hetero) is 1. The summed E-state index contributed by atoms with van der Waals surface area (Å²) in [7, 11) is 0. The molecule has 7 heteroatoms. The predicted octanol–water partition coefficient (Wildman–Crippen LogP) is 3.60. The van der Waals surface area contributed by atoms with Crippen LogP contribution < -0.4 is 4.48 Å². The van der Waals surface area contributed by atoms with Crippen molar-refractivity contribution >= 4 is 34.9 Å². The van der Waals surface area contributed by atoms with Gasteiger partial charge in [-0.1, -0.05) is 6.92 Å². The van der Waals surface area contributed by atoms with Crippen molar-refractivity contribution in [3.05, 3.63) is 16.3 Å². The molecule has 1 aliphatic heterocycles. The zero-order valence-corrected chi connectivity index (χ0v) is 14.7. The van der Waals surface area contributed by atoms with Crippen LogP contribution in [0.15, 0.2) is 11.4 Å². The minimum Gasteiger partial charge on any atom is -0.480 e. The molecule has 0 saturated heterocycles. The Morgan fingerprint density at radius 3 is 2.30 bits per heavy atom. The molecule has 2 heterocycles. The summed E-state index contributed by atoms with van der Waals surface area (Å²) in [4.78, 5) is 37.7. The van der Waals surface area contributed by atoms with Gasteiger partial charge in [0.25, 0.3) is 0 Å². The normalized spacial score (nSPS) is 30.8. The first-order valence-electron chi connectivity index (χ1n) is 7.48. The quantitative estimate of drug-likeness (QED) is 0.634. The van der Waals surface area contributed by atoms with E-state index in [2.05, 4.69) is 0 Å². The third-order valence-electron chi connectivity index (χ3n) is 5.23. The fourth-order valence-electron chi connectivity index (χ4n) is 4.06. The van der Waals surface area contributed by atoms with Crippen LogP contribution in [-0.2, 0) is 4.79 Å². The summed E-state index contributed by atoms with van der Waals surface area (Å²) in [5, 5.41) is 21.6. The number of nitrogens with zero attached hydrogens (tertiary/aromatic N) is 1. The number of carboxylic acids is 1. The predicted molar refractivity (Wildman–Crippen MR) is 88.0 cm³/mol. The molecule has 0 radical (unpaired) electrons. The third kappa shape index (κ3) is 1.86. The Bertz CT molecular complexity index is 689. The highest BCUT2D eigenvalue weighted by Crippen LogP contribution is 2.53. The number of carbonyl (C=O) groups excluding carboxylic acids is 1. The molecule has 3 unspecified atom stereocenters. The number of ketones is 1. The van der Waals surface area contributed by atoms with Gasteiger partial charge in [0.15, 0.2) is 11.1 Å². The van der Waals surface area contributed by atoms with Crippen molar-refractivity contribution in [2.24, 2.45) is 5.41 Å². The third-order valence-corrected chi connectivity index (χ3v) is 6.13. The second kappa shape index (κ2) is 5.14.